The number of anilines is 1. The summed E-state index contributed by atoms with van der Waals surface area (Å²) in [5, 5.41) is 11.3. The number of para-hydroxylation sites is 1. The van der Waals surface area contributed by atoms with Crippen molar-refractivity contribution in [3.05, 3.63) is 60.0 Å². The summed E-state index contributed by atoms with van der Waals surface area (Å²) in [7, 11) is 0. The van der Waals surface area contributed by atoms with Crippen LogP contribution in [0.1, 0.15) is 18.4 Å². The third kappa shape index (κ3) is 2.94. The van der Waals surface area contributed by atoms with Crippen molar-refractivity contribution < 1.29 is 8.91 Å². The second kappa shape index (κ2) is 5.78. The highest BCUT2D eigenvalue weighted by Crippen LogP contribution is 2.15. The third-order valence-corrected chi connectivity index (χ3v) is 3.11. The molecule has 0 aliphatic heterocycles. The van der Waals surface area contributed by atoms with Crippen LogP contribution < -0.4 is 5.32 Å². The van der Waals surface area contributed by atoms with E-state index < -0.39 is 0 Å². The van der Waals surface area contributed by atoms with Crippen LogP contribution in [-0.4, -0.2) is 14.9 Å². The van der Waals surface area contributed by atoms with Gasteiger partial charge in [0.2, 0.25) is 0 Å². The molecule has 0 atom stereocenters. The lowest BCUT2D eigenvalue weighted by Crippen LogP contribution is -1.99. The van der Waals surface area contributed by atoms with Gasteiger partial charge in [-0.3, -0.25) is 0 Å². The summed E-state index contributed by atoms with van der Waals surface area (Å²) < 4.78 is 20.3. The molecule has 1 aromatic carbocycles. The molecule has 3 rings (SSSR count). The summed E-state index contributed by atoms with van der Waals surface area (Å²) in [5.41, 5.74) is 2.03. The molecule has 21 heavy (non-hydrogen) atoms. The Hall–Kier alpha value is -2.63. The van der Waals surface area contributed by atoms with Crippen molar-refractivity contribution in [2.24, 2.45) is 0 Å². The average molecular weight is 286 g/mol. The number of rotatable bonds is 5. The zero-order chi connectivity index (χ0) is 14.7. The first-order valence-corrected chi connectivity index (χ1v) is 6.74. The first kappa shape index (κ1) is 13.4. The van der Waals surface area contributed by atoms with Crippen LogP contribution >= 0.6 is 0 Å². The largest absolute Gasteiger partial charge is 0.377 e. The van der Waals surface area contributed by atoms with Gasteiger partial charge in [0, 0.05) is 12.5 Å². The number of halogens is 1. The Bertz CT molecular complexity index is 735. The van der Waals surface area contributed by atoms with Gasteiger partial charge in [0.1, 0.15) is 23.0 Å². The van der Waals surface area contributed by atoms with Gasteiger partial charge in [-0.05, 0) is 12.1 Å². The first-order chi connectivity index (χ1) is 10.3. The molecule has 0 radical (unpaired) electrons. The molecule has 0 saturated carbocycles. The Kier molecular flexibility index (Phi) is 3.68. The zero-order valence-electron chi connectivity index (χ0n) is 11.6. The molecule has 2 aromatic heterocycles. The van der Waals surface area contributed by atoms with Crippen LogP contribution in [0.15, 0.2) is 47.2 Å². The van der Waals surface area contributed by atoms with Gasteiger partial charge >= 0.3 is 0 Å². The molecule has 0 aliphatic rings. The van der Waals surface area contributed by atoms with E-state index in [1.807, 2.05) is 13.0 Å². The van der Waals surface area contributed by atoms with E-state index in [2.05, 4.69) is 15.6 Å². The number of aromatic nitrogens is 3. The highest BCUT2D eigenvalue weighted by atomic mass is 19.1. The van der Waals surface area contributed by atoms with Gasteiger partial charge in [-0.25, -0.2) is 9.07 Å². The lowest BCUT2D eigenvalue weighted by Gasteiger charge is -2.02. The molecule has 0 amide bonds. The minimum Gasteiger partial charge on any atom is -0.377 e. The van der Waals surface area contributed by atoms with Gasteiger partial charge in [-0.1, -0.05) is 24.2 Å². The van der Waals surface area contributed by atoms with Gasteiger partial charge in [-0.2, -0.15) is 5.10 Å². The summed E-state index contributed by atoms with van der Waals surface area (Å²) in [6.07, 6.45) is 4.20. The molecular weight excluding hydrogens is 271 g/mol. The Morgan fingerprint density at radius 3 is 2.95 bits per heavy atom. The molecule has 0 unspecified atom stereocenters. The van der Waals surface area contributed by atoms with Crippen molar-refractivity contribution >= 4 is 5.69 Å². The normalized spacial score (nSPS) is 10.8. The fourth-order valence-electron chi connectivity index (χ4n) is 1.98. The number of nitrogens with zero attached hydrogens (tertiary/aromatic N) is 3. The minimum atomic E-state index is -0.309. The number of benzene rings is 1. The van der Waals surface area contributed by atoms with Crippen LogP contribution in [0.25, 0.3) is 5.69 Å². The van der Waals surface area contributed by atoms with E-state index >= 15 is 0 Å². The van der Waals surface area contributed by atoms with Gasteiger partial charge in [0.25, 0.3) is 0 Å². The van der Waals surface area contributed by atoms with Crippen LogP contribution in [0.3, 0.4) is 0 Å². The van der Waals surface area contributed by atoms with Gasteiger partial charge in [-0.15, -0.1) is 0 Å². The lowest BCUT2D eigenvalue weighted by molar-refractivity contribution is 0.381. The van der Waals surface area contributed by atoms with Crippen molar-refractivity contribution in [1.82, 2.24) is 14.9 Å². The predicted octanol–water partition coefficient (Wildman–Crippen LogP) is 3.17. The summed E-state index contributed by atoms with van der Waals surface area (Å²) in [5.74, 6) is 0.546. The zero-order valence-corrected chi connectivity index (χ0v) is 11.6. The second-order valence-electron chi connectivity index (χ2n) is 4.62. The molecular formula is C15H15FN4O. The number of hydrogen-bond acceptors (Lipinski definition) is 4. The van der Waals surface area contributed by atoms with Crippen molar-refractivity contribution in [2.45, 2.75) is 19.9 Å². The van der Waals surface area contributed by atoms with Gasteiger partial charge in [0.05, 0.1) is 24.6 Å². The monoisotopic (exact) mass is 286 g/mol. The molecule has 0 bridgehead atoms. The molecule has 5 nitrogen and oxygen atoms in total. The molecule has 0 saturated heterocycles. The molecule has 108 valence electrons. The lowest BCUT2D eigenvalue weighted by atomic mass is 10.3. The van der Waals surface area contributed by atoms with E-state index in [9.17, 15) is 4.39 Å². The topological polar surface area (TPSA) is 55.9 Å². The van der Waals surface area contributed by atoms with E-state index in [0.717, 1.165) is 23.6 Å². The van der Waals surface area contributed by atoms with Crippen LogP contribution in [0.2, 0.25) is 0 Å². The van der Waals surface area contributed by atoms with E-state index in [1.54, 1.807) is 30.6 Å². The maximum atomic E-state index is 13.7. The third-order valence-electron chi connectivity index (χ3n) is 3.11. The highest BCUT2D eigenvalue weighted by Gasteiger charge is 2.06. The van der Waals surface area contributed by atoms with Gasteiger partial charge < -0.3 is 9.84 Å². The minimum absolute atomic E-state index is 0.309. The molecule has 1 N–H and O–H groups in total. The van der Waals surface area contributed by atoms with Crippen molar-refractivity contribution in [2.75, 3.05) is 5.32 Å². The fraction of sp³-hybridized carbons (Fsp3) is 0.200. The van der Waals surface area contributed by atoms with Crippen LogP contribution in [-0.2, 0) is 13.0 Å². The van der Waals surface area contributed by atoms with Crippen molar-refractivity contribution in [3.8, 4) is 5.69 Å². The summed E-state index contributed by atoms with van der Waals surface area (Å²) >= 11 is 0. The fourth-order valence-corrected chi connectivity index (χ4v) is 1.98. The Labute approximate surface area is 121 Å². The van der Waals surface area contributed by atoms with Gasteiger partial charge in [0.15, 0.2) is 0 Å². The average Bonchev–Trinajstić information content (AvgIpc) is 3.14. The first-order valence-electron chi connectivity index (χ1n) is 6.74. The molecule has 3 aromatic rings. The molecule has 6 heteroatoms. The molecule has 0 aliphatic carbocycles. The standard InChI is InChI=1S/C15H15FN4O/c1-2-13-7-11(19-21-13)8-17-12-9-18-20(10-12)15-6-4-3-5-14(15)16/h3-7,9-10,17H,2,8H2,1H3. The number of nitrogens with one attached hydrogen (secondary N) is 1. The maximum Gasteiger partial charge on any atom is 0.148 e. The SMILES string of the molecule is CCc1cc(CNc2cnn(-c3ccccc3F)c2)no1. The molecule has 0 spiro atoms. The van der Waals surface area contributed by atoms with Crippen molar-refractivity contribution in [1.29, 1.82) is 0 Å². The van der Waals surface area contributed by atoms with Crippen LogP contribution in [0, 0.1) is 5.82 Å². The van der Waals surface area contributed by atoms with E-state index in [4.69, 9.17) is 4.52 Å². The van der Waals surface area contributed by atoms with Crippen LogP contribution in [0.5, 0.6) is 0 Å². The van der Waals surface area contributed by atoms with Crippen LogP contribution in [0.4, 0.5) is 10.1 Å². The smallest absolute Gasteiger partial charge is 0.148 e. The maximum absolute atomic E-state index is 13.7. The molecule has 0 fully saturated rings. The van der Waals surface area contributed by atoms with E-state index in [1.165, 1.54) is 10.7 Å². The number of hydrogen-bond donors (Lipinski definition) is 1. The highest BCUT2D eigenvalue weighted by molar-refractivity contribution is 5.43. The summed E-state index contributed by atoms with van der Waals surface area (Å²) in [6.45, 7) is 2.54. The Morgan fingerprint density at radius 2 is 2.19 bits per heavy atom. The van der Waals surface area contributed by atoms with Crippen molar-refractivity contribution in [3.63, 3.8) is 0 Å². The Morgan fingerprint density at radius 1 is 1.33 bits per heavy atom. The second-order valence-corrected chi connectivity index (χ2v) is 4.62. The molecule has 2 heterocycles. The number of aryl methyl sites for hydroxylation is 1. The van der Waals surface area contributed by atoms with E-state index in [0.29, 0.717) is 12.2 Å². The van der Waals surface area contributed by atoms with E-state index in [-0.39, 0.29) is 5.82 Å². The predicted molar refractivity (Wildman–Crippen MR) is 76.7 cm³/mol. The summed E-state index contributed by atoms with van der Waals surface area (Å²) in [6, 6.07) is 8.42. The Balaban J connectivity index is 1.69. The summed E-state index contributed by atoms with van der Waals surface area (Å²) in [4.78, 5) is 0. The quantitative estimate of drug-likeness (QED) is 0.782.